The summed E-state index contributed by atoms with van der Waals surface area (Å²) in [5.74, 6) is -0.532. The van der Waals surface area contributed by atoms with Crippen molar-refractivity contribution in [3.8, 4) is 0 Å². The summed E-state index contributed by atoms with van der Waals surface area (Å²) >= 11 is 0. The van der Waals surface area contributed by atoms with E-state index in [1.807, 2.05) is 11.6 Å². The molecule has 3 unspecified atom stereocenters. The third-order valence-electron chi connectivity index (χ3n) is 6.00. The van der Waals surface area contributed by atoms with Gasteiger partial charge in [0, 0.05) is 6.04 Å². The number of aryl methyl sites for hydroxylation is 1. The minimum Gasteiger partial charge on any atom is -0.481 e. The molecule has 0 aromatic carbocycles. The Morgan fingerprint density at radius 2 is 2.17 bits per heavy atom. The molecule has 24 heavy (non-hydrogen) atoms. The molecule has 2 fully saturated rings. The number of aliphatic carboxylic acids is 1. The molecule has 2 N–H and O–H groups in total. The van der Waals surface area contributed by atoms with Crippen LogP contribution in [-0.4, -0.2) is 32.8 Å². The van der Waals surface area contributed by atoms with E-state index < -0.39 is 11.4 Å². The van der Waals surface area contributed by atoms with Gasteiger partial charge in [0.15, 0.2) is 0 Å². The van der Waals surface area contributed by atoms with E-state index in [4.69, 9.17) is 0 Å². The Bertz CT molecular complexity index is 650. The first kappa shape index (κ1) is 17.0. The van der Waals surface area contributed by atoms with Gasteiger partial charge in [-0.25, -0.2) is 0 Å². The Labute approximate surface area is 142 Å². The lowest BCUT2D eigenvalue weighted by Crippen LogP contribution is -2.49. The smallest absolute Gasteiger partial charge is 0.311 e. The van der Waals surface area contributed by atoms with E-state index >= 15 is 0 Å². The highest BCUT2D eigenvalue weighted by Gasteiger charge is 2.57. The van der Waals surface area contributed by atoms with Gasteiger partial charge in [0.25, 0.3) is 5.91 Å². The molecule has 3 atom stereocenters. The fraction of sp³-hybridized carbons (Fsp3) is 0.722. The maximum Gasteiger partial charge on any atom is 0.311 e. The van der Waals surface area contributed by atoms with Crippen LogP contribution in [0.5, 0.6) is 0 Å². The Morgan fingerprint density at radius 3 is 2.75 bits per heavy atom. The van der Waals surface area contributed by atoms with Crippen LogP contribution in [0.2, 0.25) is 0 Å². The Morgan fingerprint density at radius 1 is 1.46 bits per heavy atom. The van der Waals surface area contributed by atoms with Crippen molar-refractivity contribution >= 4 is 11.9 Å². The molecule has 0 radical (unpaired) electrons. The number of fused-ring (bicyclic) bond motifs is 2. The molecular formula is C18H27N3O3. The van der Waals surface area contributed by atoms with Crippen LogP contribution in [0, 0.1) is 18.3 Å². The van der Waals surface area contributed by atoms with Crippen LogP contribution >= 0.6 is 0 Å². The van der Waals surface area contributed by atoms with Gasteiger partial charge in [-0.05, 0) is 57.4 Å². The number of hydrogen-bond donors (Lipinski definition) is 2. The van der Waals surface area contributed by atoms with Crippen LogP contribution in [0.3, 0.4) is 0 Å². The van der Waals surface area contributed by atoms with Crippen molar-refractivity contribution in [2.45, 2.75) is 71.4 Å². The molecule has 1 aromatic heterocycles. The number of carbonyl (C=O) groups is 2. The van der Waals surface area contributed by atoms with Crippen LogP contribution in [0.4, 0.5) is 0 Å². The lowest BCUT2D eigenvalue weighted by molar-refractivity contribution is -0.149. The van der Waals surface area contributed by atoms with Crippen LogP contribution in [0.15, 0.2) is 6.07 Å². The molecule has 6 heteroatoms. The molecule has 2 aliphatic rings. The predicted octanol–water partition coefficient (Wildman–Crippen LogP) is 2.93. The van der Waals surface area contributed by atoms with Crippen molar-refractivity contribution in [3.63, 3.8) is 0 Å². The van der Waals surface area contributed by atoms with Gasteiger partial charge in [-0.15, -0.1) is 0 Å². The van der Waals surface area contributed by atoms with Crippen molar-refractivity contribution in [2.24, 2.45) is 11.3 Å². The highest BCUT2D eigenvalue weighted by Crippen LogP contribution is 2.54. The van der Waals surface area contributed by atoms with Crippen molar-refractivity contribution in [1.29, 1.82) is 0 Å². The molecular weight excluding hydrogens is 306 g/mol. The maximum atomic E-state index is 12.8. The summed E-state index contributed by atoms with van der Waals surface area (Å²) in [5, 5.41) is 17.2. The van der Waals surface area contributed by atoms with Gasteiger partial charge in [0.05, 0.1) is 17.2 Å². The second kappa shape index (κ2) is 6.22. The minimum atomic E-state index is -0.769. The summed E-state index contributed by atoms with van der Waals surface area (Å²) in [7, 11) is 0. The molecule has 132 valence electrons. The Hall–Kier alpha value is -1.85. The van der Waals surface area contributed by atoms with E-state index in [1.54, 1.807) is 6.07 Å². The number of carbonyl (C=O) groups excluding carboxylic acids is 1. The normalized spacial score (nSPS) is 28.5. The number of rotatable bonds is 6. The first-order chi connectivity index (χ1) is 11.4. The molecule has 0 saturated heterocycles. The van der Waals surface area contributed by atoms with Crippen molar-refractivity contribution in [3.05, 3.63) is 17.5 Å². The molecule has 0 spiro atoms. The van der Waals surface area contributed by atoms with Gasteiger partial charge in [-0.2, -0.15) is 5.10 Å². The summed E-state index contributed by atoms with van der Waals surface area (Å²) in [6.45, 7) is 6.05. The van der Waals surface area contributed by atoms with E-state index in [1.165, 1.54) is 0 Å². The van der Waals surface area contributed by atoms with Gasteiger partial charge in [0.1, 0.15) is 5.69 Å². The van der Waals surface area contributed by atoms with Crippen LogP contribution in [0.25, 0.3) is 0 Å². The minimum absolute atomic E-state index is 0.188. The van der Waals surface area contributed by atoms with Gasteiger partial charge in [0.2, 0.25) is 0 Å². The second-order valence-electron chi connectivity index (χ2n) is 7.42. The van der Waals surface area contributed by atoms with E-state index in [0.29, 0.717) is 24.5 Å². The topological polar surface area (TPSA) is 84.2 Å². The molecule has 1 heterocycles. The largest absolute Gasteiger partial charge is 0.481 e. The molecule has 0 aliphatic heterocycles. The number of amides is 1. The molecule has 1 aromatic rings. The summed E-state index contributed by atoms with van der Waals surface area (Å²) in [6, 6.07) is 1.72. The highest BCUT2D eigenvalue weighted by atomic mass is 16.4. The van der Waals surface area contributed by atoms with Gasteiger partial charge in [-0.3, -0.25) is 14.3 Å². The summed E-state index contributed by atoms with van der Waals surface area (Å²) in [4.78, 5) is 24.7. The first-order valence-corrected chi connectivity index (χ1v) is 9.01. The number of aromatic nitrogens is 2. The second-order valence-corrected chi connectivity index (χ2v) is 7.42. The lowest BCUT2D eigenvalue weighted by atomic mass is 9.80. The SMILES string of the molecule is CCC(CC)n1nc(C)cc1C(=O)NC1CC2CCC1(C(=O)O)C2. The first-order valence-electron chi connectivity index (χ1n) is 9.01. The van der Waals surface area contributed by atoms with Gasteiger partial charge < -0.3 is 10.4 Å². The summed E-state index contributed by atoms with van der Waals surface area (Å²) in [5.41, 5.74) is 0.590. The molecule has 2 aliphatic carbocycles. The van der Waals surface area contributed by atoms with Gasteiger partial charge in [-0.1, -0.05) is 13.8 Å². The lowest BCUT2D eigenvalue weighted by Gasteiger charge is -2.31. The Kier molecular flexibility index (Phi) is 4.40. The third-order valence-corrected chi connectivity index (χ3v) is 6.00. The van der Waals surface area contributed by atoms with E-state index in [9.17, 15) is 14.7 Å². The van der Waals surface area contributed by atoms with Crippen LogP contribution in [0.1, 0.15) is 74.6 Å². The van der Waals surface area contributed by atoms with E-state index in [0.717, 1.165) is 31.4 Å². The highest BCUT2D eigenvalue weighted by molar-refractivity contribution is 5.93. The van der Waals surface area contributed by atoms with Crippen LogP contribution in [-0.2, 0) is 4.79 Å². The standard InChI is InChI=1S/C18H27N3O3/c1-4-13(5-2)21-14(8-11(3)20-21)16(22)19-15-9-12-6-7-18(15,10-12)17(23)24/h8,12-13,15H,4-7,9-10H2,1-3H3,(H,19,22)(H,23,24). The number of nitrogens with one attached hydrogen (secondary N) is 1. The maximum absolute atomic E-state index is 12.8. The summed E-state index contributed by atoms with van der Waals surface area (Å²) in [6.07, 6.45) is 4.91. The number of hydrogen-bond acceptors (Lipinski definition) is 3. The average Bonchev–Trinajstić information content (AvgIpc) is 3.22. The predicted molar refractivity (Wildman–Crippen MR) is 89.9 cm³/mol. The van der Waals surface area contributed by atoms with Crippen molar-refractivity contribution in [2.75, 3.05) is 0 Å². The molecule has 6 nitrogen and oxygen atoms in total. The fourth-order valence-corrected chi connectivity index (χ4v) is 4.63. The zero-order valence-corrected chi connectivity index (χ0v) is 14.7. The van der Waals surface area contributed by atoms with Crippen molar-refractivity contribution in [1.82, 2.24) is 15.1 Å². The molecule has 1 amide bonds. The Balaban J connectivity index is 1.82. The zero-order valence-electron chi connectivity index (χ0n) is 14.7. The molecule has 2 bridgehead atoms. The quantitative estimate of drug-likeness (QED) is 0.838. The van der Waals surface area contributed by atoms with Gasteiger partial charge >= 0.3 is 5.97 Å². The van der Waals surface area contributed by atoms with Crippen molar-refractivity contribution < 1.29 is 14.7 Å². The molecule has 3 rings (SSSR count). The van der Waals surface area contributed by atoms with E-state index in [2.05, 4.69) is 24.3 Å². The monoisotopic (exact) mass is 333 g/mol. The number of carboxylic acid groups (broad SMARTS) is 1. The van der Waals surface area contributed by atoms with Crippen LogP contribution < -0.4 is 5.32 Å². The third kappa shape index (κ3) is 2.62. The summed E-state index contributed by atoms with van der Waals surface area (Å²) < 4.78 is 1.81. The fourth-order valence-electron chi connectivity index (χ4n) is 4.63. The number of nitrogens with zero attached hydrogens (tertiary/aromatic N) is 2. The average molecular weight is 333 g/mol. The molecule has 2 saturated carbocycles. The zero-order chi connectivity index (χ0) is 17.5. The van der Waals surface area contributed by atoms with E-state index in [-0.39, 0.29) is 18.0 Å². The number of carboxylic acids is 1.